The number of carbonyl (C=O) groups is 1. The van der Waals surface area contributed by atoms with Gasteiger partial charge in [-0.05, 0) is 28.1 Å². The molecule has 0 saturated carbocycles. The van der Waals surface area contributed by atoms with E-state index in [1.165, 1.54) is 19.3 Å². The molecule has 0 amide bonds. The molecule has 20 heavy (non-hydrogen) atoms. The SMILES string of the molecule is CN(c1ccccn1)S(=O)(=O)c1cc(C(=O)O)oc1Br. The Hall–Kier alpha value is -1.87. The van der Waals surface area contributed by atoms with Gasteiger partial charge in [-0.25, -0.2) is 18.2 Å². The van der Waals surface area contributed by atoms with E-state index in [1.54, 1.807) is 12.1 Å². The molecule has 0 saturated heterocycles. The zero-order valence-electron chi connectivity index (χ0n) is 10.1. The van der Waals surface area contributed by atoms with E-state index in [2.05, 4.69) is 20.9 Å². The second-order valence-electron chi connectivity index (χ2n) is 3.71. The Morgan fingerprint density at radius 2 is 2.15 bits per heavy atom. The van der Waals surface area contributed by atoms with Gasteiger partial charge in [0.1, 0.15) is 10.7 Å². The maximum Gasteiger partial charge on any atom is 0.371 e. The molecular weight excluding hydrogens is 352 g/mol. The van der Waals surface area contributed by atoms with E-state index in [0.29, 0.717) is 0 Å². The summed E-state index contributed by atoms with van der Waals surface area (Å²) >= 11 is 2.91. The van der Waals surface area contributed by atoms with Crippen molar-refractivity contribution in [2.75, 3.05) is 11.4 Å². The number of pyridine rings is 1. The number of anilines is 1. The van der Waals surface area contributed by atoms with Crippen LogP contribution < -0.4 is 4.31 Å². The van der Waals surface area contributed by atoms with E-state index in [9.17, 15) is 13.2 Å². The second-order valence-corrected chi connectivity index (χ2v) is 6.37. The minimum absolute atomic E-state index is 0.169. The molecule has 0 spiro atoms. The van der Waals surface area contributed by atoms with Crippen LogP contribution in [-0.2, 0) is 10.0 Å². The van der Waals surface area contributed by atoms with Crippen LogP contribution in [0.5, 0.6) is 0 Å². The first-order chi connectivity index (χ1) is 9.34. The lowest BCUT2D eigenvalue weighted by Crippen LogP contribution is -2.27. The highest BCUT2D eigenvalue weighted by atomic mass is 79.9. The summed E-state index contributed by atoms with van der Waals surface area (Å²) in [5.41, 5.74) is 0. The third-order valence-corrected chi connectivity index (χ3v) is 5.10. The lowest BCUT2D eigenvalue weighted by atomic mass is 10.5. The third kappa shape index (κ3) is 2.54. The predicted octanol–water partition coefficient (Wildman–Crippen LogP) is 1.96. The molecule has 0 atom stereocenters. The summed E-state index contributed by atoms with van der Waals surface area (Å²) in [6, 6.07) is 5.76. The van der Waals surface area contributed by atoms with E-state index in [1.807, 2.05) is 0 Å². The Bertz CT molecular complexity index is 741. The van der Waals surface area contributed by atoms with Crippen molar-refractivity contribution in [1.82, 2.24) is 4.98 Å². The number of hydrogen-bond acceptors (Lipinski definition) is 5. The predicted molar refractivity (Wildman–Crippen MR) is 73.2 cm³/mol. The number of carboxylic acid groups (broad SMARTS) is 1. The second kappa shape index (κ2) is 5.25. The van der Waals surface area contributed by atoms with Gasteiger partial charge >= 0.3 is 5.97 Å². The molecule has 2 aromatic rings. The van der Waals surface area contributed by atoms with Crippen LogP contribution in [0.2, 0.25) is 0 Å². The zero-order chi connectivity index (χ0) is 14.9. The van der Waals surface area contributed by atoms with Crippen molar-refractivity contribution in [3.63, 3.8) is 0 Å². The molecule has 0 unspecified atom stereocenters. The van der Waals surface area contributed by atoms with Crippen molar-refractivity contribution < 1.29 is 22.7 Å². The van der Waals surface area contributed by atoms with Gasteiger partial charge in [0.2, 0.25) is 5.76 Å². The standard InChI is InChI=1S/C11H9BrN2O5S/c1-14(9-4-2-3-5-13-9)20(17,18)8-6-7(11(15)16)19-10(8)12/h2-6H,1H3,(H,15,16). The number of carboxylic acids is 1. The Kier molecular flexibility index (Phi) is 3.82. The molecule has 2 heterocycles. The Morgan fingerprint density at radius 1 is 1.45 bits per heavy atom. The largest absolute Gasteiger partial charge is 0.475 e. The molecule has 7 nitrogen and oxygen atoms in total. The monoisotopic (exact) mass is 360 g/mol. The van der Waals surface area contributed by atoms with Gasteiger partial charge in [-0.2, -0.15) is 0 Å². The number of aromatic carboxylic acids is 1. The third-order valence-electron chi connectivity index (χ3n) is 2.48. The number of halogens is 1. The molecule has 0 aliphatic heterocycles. The summed E-state index contributed by atoms with van der Waals surface area (Å²) < 4.78 is 30.4. The van der Waals surface area contributed by atoms with Gasteiger partial charge in [0.05, 0.1) is 0 Å². The van der Waals surface area contributed by atoms with E-state index in [4.69, 9.17) is 9.52 Å². The van der Waals surface area contributed by atoms with Gasteiger partial charge in [-0.1, -0.05) is 6.07 Å². The Balaban J connectivity index is 2.48. The molecule has 0 aromatic carbocycles. The molecular formula is C11H9BrN2O5S. The van der Waals surface area contributed by atoms with Crippen LogP contribution in [0, 0.1) is 0 Å². The molecule has 0 aliphatic carbocycles. The van der Waals surface area contributed by atoms with Gasteiger partial charge < -0.3 is 9.52 Å². The van der Waals surface area contributed by atoms with Crippen LogP contribution in [0.3, 0.4) is 0 Å². The van der Waals surface area contributed by atoms with Crippen molar-refractivity contribution in [2.24, 2.45) is 0 Å². The molecule has 9 heteroatoms. The van der Waals surface area contributed by atoms with Crippen molar-refractivity contribution in [1.29, 1.82) is 0 Å². The summed E-state index contributed by atoms with van der Waals surface area (Å²) in [4.78, 5) is 14.4. The first kappa shape index (κ1) is 14.5. The summed E-state index contributed by atoms with van der Waals surface area (Å²) in [6.45, 7) is 0. The Labute approximate surface area is 123 Å². The molecule has 0 radical (unpaired) electrons. The van der Waals surface area contributed by atoms with Gasteiger partial charge in [-0.3, -0.25) is 4.31 Å². The summed E-state index contributed by atoms with van der Waals surface area (Å²) in [5.74, 6) is -1.62. The number of rotatable bonds is 4. The molecule has 2 aromatic heterocycles. The fourth-order valence-corrected chi connectivity index (χ4v) is 3.50. The highest BCUT2D eigenvalue weighted by Crippen LogP contribution is 2.29. The van der Waals surface area contributed by atoms with Crippen molar-refractivity contribution in [2.45, 2.75) is 4.90 Å². The van der Waals surface area contributed by atoms with Gasteiger partial charge in [-0.15, -0.1) is 0 Å². The molecule has 0 fully saturated rings. The quantitative estimate of drug-likeness (QED) is 0.894. The minimum atomic E-state index is -3.97. The maximum atomic E-state index is 12.4. The topological polar surface area (TPSA) is 101 Å². The van der Waals surface area contributed by atoms with Crippen LogP contribution in [0.15, 0.2) is 44.4 Å². The molecule has 2 rings (SSSR count). The van der Waals surface area contributed by atoms with E-state index in [0.717, 1.165) is 10.4 Å². The molecule has 0 bridgehead atoms. The molecule has 0 aliphatic rings. The van der Waals surface area contributed by atoms with Gasteiger partial charge in [0, 0.05) is 19.3 Å². The molecule has 1 N–H and O–H groups in total. The average molecular weight is 361 g/mol. The molecule has 106 valence electrons. The van der Waals surface area contributed by atoms with Crippen LogP contribution in [0.25, 0.3) is 0 Å². The van der Waals surface area contributed by atoms with Crippen molar-refractivity contribution >= 4 is 37.7 Å². The number of aromatic nitrogens is 1. The number of furan rings is 1. The summed E-state index contributed by atoms with van der Waals surface area (Å²) in [7, 11) is -2.65. The number of nitrogens with zero attached hydrogens (tertiary/aromatic N) is 2. The fraction of sp³-hybridized carbons (Fsp3) is 0.0909. The summed E-state index contributed by atoms with van der Waals surface area (Å²) in [6.07, 6.45) is 1.45. The van der Waals surface area contributed by atoms with Crippen molar-refractivity contribution in [3.05, 3.63) is 40.9 Å². The van der Waals surface area contributed by atoms with E-state index < -0.39 is 21.8 Å². The van der Waals surface area contributed by atoms with Crippen LogP contribution in [0.1, 0.15) is 10.6 Å². The minimum Gasteiger partial charge on any atom is -0.475 e. The van der Waals surface area contributed by atoms with Crippen molar-refractivity contribution in [3.8, 4) is 0 Å². The first-order valence-corrected chi connectivity index (χ1v) is 7.50. The normalized spacial score (nSPS) is 11.3. The average Bonchev–Trinajstić information content (AvgIpc) is 2.82. The lowest BCUT2D eigenvalue weighted by molar-refractivity contribution is 0.0661. The lowest BCUT2D eigenvalue weighted by Gasteiger charge is -2.17. The number of hydrogen-bond donors (Lipinski definition) is 1. The van der Waals surface area contributed by atoms with Crippen LogP contribution >= 0.6 is 15.9 Å². The highest BCUT2D eigenvalue weighted by Gasteiger charge is 2.29. The first-order valence-electron chi connectivity index (χ1n) is 5.26. The number of sulfonamides is 1. The van der Waals surface area contributed by atoms with E-state index >= 15 is 0 Å². The highest BCUT2D eigenvalue weighted by molar-refractivity contribution is 9.10. The summed E-state index contributed by atoms with van der Waals surface area (Å²) in [5, 5.41) is 8.81. The fourth-order valence-electron chi connectivity index (χ4n) is 1.44. The van der Waals surface area contributed by atoms with Gasteiger partial charge in [0.25, 0.3) is 10.0 Å². The zero-order valence-corrected chi connectivity index (χ0v) is 12.6. The van der Waals surface area contributed by atoms with E-state index in [-0.39, 0.29) is 15.4 Å². The smallest absolute Gasteiger partial charge is 0.371 e. The van der Waals surface area contributed by atoms with Crippen LogP contribution in [0.4, 0.5) is 5.82 Å². The Morgan fingerprint density at radius 3 is 2.65 bits per heavy atom. The maximum absolute atomic E-state index is 12.4. The van der Waals surface area contributed by atoms with Gasteiger partial charge in [0.15, 0.2) is 4.67 Å². The van der Waals surface area contributed by atoms with Crippen LogP contribution in [-0.4, -0.2) is 31.5 Å².